The van der Waals surface area contributed by atoms with Crippen molar-refractivity contribution >= 4 is 33.9 Å². The van der Waals surface area contributed by atoms with Gasteiger partial charge in [0.15, 0.2) is 17.0 Å². The van der Waals surface area contributed by atoms with Gasteiger partial charge in [0.1, 0.15) is 11.6 Å². The molecule has 200 valence electrons. The Bertz CT molecular complexity index is 1490. The lowest BCUT2D eigenvalue weighted by Crippen LogP contribution is -2.37. The van der Waals surface area contributed by atoms with Gasteiger partial charge in [0, 0.05) is 47.2 Å². The van der Waals surface area contributed by atoms with Crippen molar-refractivity contribution in [1.82, 2.24) is 38.9 Å². The first-order valence-electron chi connectivity index (χ1n) is 13.4. The molecule has 3 aromatic heterocycles. The summed E-state index contributed by atoms with van der Waals surface area (Å²) in [7, 11) is 5.68. The van der Waals surface area contributed by atoms with E-state index < -0.39 is 0 Å². The smallest absolute Gasteiger partial charge is 0.239 e. The second kappa shape index (κ2) is 9.95. The van der Waals surface area contributed by atoms with Crippen molar-refractivity contribution in [3.63, 3.8) is 0 Å². The SMILES string of the molecule is CCc1nc2ccccc2n1-c1nc(N2CCOCC2)c2nc(CN3CC[C@H](C(=O)N(C)C)C3)n(C)c2n1. The van der Waals surface area contributed by atoms with Crippen LogP contribution in [0, 0.1) is 5.92 Å². The highest BCUT2D eigenvalue weighted by molar-refractivity contribution is 5.86. The largest absolute Gasteiger partial charge is 0.378 e. The van der Waals surface area contributed by atoms with Crippen molar-refractivity contribution in [3.05, 3.63) is 35.9 Å². The number of benzene rings is 1. The first-order valence-corrected chi connectivity index (χ1v) is 13.4. The van der Waals surface area contributed by atoms with Gasteiger partial charge in [-0.2, -0.15) is 9.97 Å². The number of aromatic nitrogens is 6. The monoisotopic (exact) mass is 517 g/mol. The molecule has 0 N–H and O–H groups in total. The standard InChI is InChI=1S/C27H35N9O2/c1-5-21-28-19-8-6-7-9-20(19)36(21)27-30-24-23(25(31-27)35-12-14-38-15-13-35)29-22(33(24)4)17-34-11-10-18(16-34)26(37)32(2)3/h6-9,18H,5,10-17H2,1-4H3/t18-/m0/s1. The maximum atomic E-state index is 12.5. The van der Waals surface area contributed by atoms with Crippen molar-refractivity contribution in [2.24, 2.45) is 13.0 Å². The fraction of sp³-hybridized carbons (Fsp3) is 0.519. The maximum absolute atomic E-state index is 12.5. The highest BCUT2D eigenvalue weighted by atomic mass is 16.5. The molecular formula is C27H35N9O2. The van der Waals surface area contributed by atoms with E-state index in [1.54, 1.807) is 4.90 Å². The normalized spacial score (nSPS) is 18.6. The summed E-state index contributed by atoms with van der Waals surface area (Å²) in [6.45, 7) is 7.21. The number of likely N-dealkylation sites (tertiary alicyclic amines) is 1. The molecular weight excluding hydrogens is 482 g/mol. The number of carbonyl (C=O) groups is 1. The Kier molecular flexibility index (Phi) is 6.48. The van der Waals surface area contributed by atoms with Crippen LogP contribution in [0.25, 0.3) is 28.1 Å². The van der Waals surface area contributed by atoms with E-state index in [4.69, 9.17) is 24.7 Å². The van der Waals surface area contributed by atoms with Gasteiger partial charge in [-0.25, -0.2) is 9.97 Å². The van der Waals surface area contributed by atoms with E-state index in [0.717, 1.165) is 78.7 Å². The van der Waals surface area contributed by atoms with Crippen LogP contribution in [0.1, 0.15) is 25.0 Å². The zero-order chi connectivity index (χ0) is 26.4. The van der Waals surface area contributed by atoms with E-state index in [2.05, 4.69) is 31.9 Å². The van der Waals surface area contributed by atoms with Crippen molar-refractivity contribution in [2.45, 2.75) is 26.3 Å². The average molecular weight is 518 g/mol. The second-order valence-corrected chi connectivity index (χ2v) is 10.4. The molecule has 2 saturated heterocycles. The van der Waals surface area contributed by atoms with Gasteiger partial charge < -0.3 is 19.1 Å². The first-order chi connectivity index (χ1) is 18.4. The third kappa shape index (κ3) is 4.29. The number of amides is 1. The van der Waals surface area contributed by atoms with E-state index in [0.29, 0.717) is 25.7 Å². The predicted octanol–water partition coefficient (Wildman–Crippen LogP) is 2.01. The van der Waals surface area contributed by atoms with Crippen LogP contribution in [0.15, 0.2) is 24.3 Å². The molecule has 2 fully saturated rings. The maximum Gasteiger partial charge on any atom is 0.239 e. The Balaban J connectivity index is 1.43. The molecule has 0 bridgehead atoms. The lowest BCUT2D eigenvalue weighted by molar-refractivity contribution is -0.132. The number of carbonyl (C=O) groups excluding carboxylic acids is 1. The van der Waals surface area contributed by atoms with Crippen molar-refractivity contribution in [1.29, 1.82) is 0 Å². The third-order valence-electron chi connectivity index (χ3n) is 7.67. The first kappa shape index (κ1) is 24.7. The van der Waals surface area contributed by atoms with Crippen molar-refractivity contribution in [2.75, 3.05) is 58.4 Å². The van der Waals surface area contributed by atoms with E-state index >= 15 is 0 Å². The molecule has 38 heavy (non-hydrogen) atoms. The molecule has 11 heteroatoms. The number of rotatable bonds is 6. The number of hydrogen-bond donors (Lipinski definition) is 0. The number of hydrogen-bond acceptors (Lipinski definition) is 8. The number of morpholine rings is 1. The highest BCUT2D eigenvalue weighted by Crippen LogP contribution is 2.29. The average Bonchev–Trinajstić information content (AvgIpc) is 3.64. The second-order valence-electron chi connectivity index (χ2n) is 10.4. The van der Waals surface area contributed by atoms with Gasteiger partial charge in [0.25, 0.3) is 0 Å². The number of ether oxygens (including phenoxy) is 1. The number of anilines is 1. The van der Waals surface area contributed by atoms with Crippen LogP contribution < -0.4 is 4.90 Å². The minimum Gasteiger partial charge on any atom is -0.378 e. The molecule has 1 amide bonds. The summed E-state index contributed by atoms with van der Waals surface area (Å²) in [5.41, 5.74) is 3.53. The zero-order valence-electron chi connectivity index (χ0n) is 22.6. The van der Waals surface area contributed by atoms with Crippen molar-refractivity contribution in [3.8, 4) is 5.95 Å². The van der Waals surface area contributed by atoms with E-state index in [9.17, 15) is 4.79 Å². The number of fused-ring (bicyclic) bond motifs is 2. The number of aryl methyl sites for hydroxylation is 2. The summed E-state index contributed by atoms with van der Waals surface area (Å²) in [6, 6.07) is 8.12. The molecule has 2 aliphatic rings. The molecule has 0 unspecified atom stereocenters. The van der Waals surface area contributed by atoms with Crippen LogP contribution in [0.2, 0.25) is 0 Å². The molecule has 0 aliphatic carbocycles. The van der Waals surface area contributed by atoms with Gasteiger partial charge in [-0.15, -0.1) is 0 Å². The van der Waals surface area contributed by atoms with Crippen LogP contribution >= 0.6 is 0 Å². The zero-order valence-corrected chi connectivity index (χ0v) is 22.6. The van der Waals surface area contributed by atoms with Crippen LogP contribution in [-0.2, 0) is 29.5 Å². The summed E-state index contributed by atoms with van der Waals surface area (Å²) >= 11 is 0. The Labute approximate surface area is 222 Å². The molecule has 4 aromatic rings. The van der Waals surface area contributed by atoms with Crippen LogP contribution in [0.4, 0.5) is 5.82 Å². The molecule has 11 nitrogen and oxygen atoms in total. The van der Waals surface area contributed by atoms with Gasteiger partial charge in [-0.3, -0.25) is 14.3 Å². The van der Waals surface area contributed by atoms with Crippen LogP contribution in [0.5, 0.6) is 0 Å². The third-order valence-corrected chi connectivity index (χ3v) is 7.67. The van der Waals surface area contributed by atoms with Gasteiger partial charge in [-0.05, 0) is 25.1 Å². The van der Waals surface area contributed by atoms with Crippen molar-refractivity contribution < 1.29 is 9.53 Å². The van der Waals surface area contributed by atoms with Gasteiger partial charge >= 0.3 is 0 Å². The Morgan fingerprint density at radius 2 is 1.84 bits per heavy atom. The lowest BCUT2D eigenvalue weighted by Gasteiger charge is -2.28. The summed E-state index contributed by atoms with van der Waals surface area (Å²) in [6.07, 6.45) is 1.64. The van der Waals surface area contributed by atoms with E-state index in [1.807, 2.05) is 39.3 Å². The lowest BCUT2D eigenvalue weighted by atomic mass is 10.1. The highest BCUT2D eigenvalue weighted by Gasteiger charge is 2.31. The molecule has 0 saturated carbocycles. The minimum absolute atomic E-state index is 0.0389. The minimum atomic E-state index is 0.0389. The molecule has 5 heterocycles. The number of imidazole rings is 2. The van der Waals surface area contributed by atoms with E-state index in [-0.39, 0.29) is 11.8 Å². The number of para-hydroxylation sites is 2. The summed E-state index contributed by atoms with van der Waals surface area (Å²) in [4.78, 5) is 38.9. The summed E-state index contributed by atoms with van der Waals surface area (Å²) < 4.78 is 9.78. The predicted molar refractivity (Wildman–Crippen MR) is 145 cm³/mol. The molecule has 1 aromatic carbocycles. The van der Waals surface area contributed by atoms with Crippen LogP contribution in [0.3, 0.4) is 0 Å². The Morgan fingerprint density at radius 3 is 2.61 bits per heavy atom. The molecule has 6 rings (SSSR count). The van der Waals surface area contributed by atoms with Gasteiger partial charge in [-0.1, -0.05) is 19.1 Å². The fourth-order valence-electron chi connectivity index (χ4n) is 5.60. The van der Waals surface area contributed by atoms with Gasteiger partial charge in [0.2, 0.25) is 11.9 Å². The molecule has 1 atom stereocenters. The molecule has 2 aliphatic heterocycles. The topological polar surface area (TPSA) is 97.4 Å². The quantitative estimate of drug-likeness (QED) is 0.383. The van der Waals surface area contributed by atoms with Gasteiger partial charge in [0.05, 0.1) is 36.7 Å². The Morgan fingerprint density at radius 1 is 1.05 bits per heavy atom. The van der Waals surface area contributed by atoms with Crippen LogP contribution in [-0.4, -0.2) is 98.3 Å². The molecule has 0 radical (unpaired) electrons. The summed E-state index contributed by atoms with van der Waals surface area (Å²) in [5, 5.41) is 0. The fourth-order valence-corrected chi connectivity index (χ4v) is 5.60. The Hall–Kier alpha value is -3.57. The number of nitrogens with zero attached hydrogens (tertiary/aromatic N) is 9. The summed E-state index contributed by atoms with van der Waals surface area (Å²) in [5.74, 6) is 3.52. The van der Waals surface area contributed by atoms with E-state index in [1.165, 1.54) is 0 Å². The molecule has 0 spiro atoms.